The van der Waals surface area contributed by atoms with Crippen molar-refractivity contribution >= 4 is 23.2 Å². The summed E-state index contributed by atoms with van der Waals surface area (Å²) in [4.78, 5) is 23.8. The van der Waals surface area contributed by atoms with E-state index in [1.54, 1.807) is 19.1 Å². The van der Waals surface area contributed by atoms with Gasteiger partial charge in [0.25, 0.3) is 5.91 Å². The van der Waals surface area contributed by atoms with Crippen LogP contribution in [0.5, 0.6) is 11.5 Å². The quantitative estimate of drug-likeness (QED) is 0.359. The van der Waals surface area contributed by atoms with Crippen LogP contribution < -0.4 is 15.5 Å². The van der Waals surface area contributed by atoms with Gasteiger partial charge < -0.3 is 15.2 Å². The lowest BCUT2D eigenvalue weighted by atomic mass is 10.1. The van der Waals surface area contributed by atoms with Crippen LogP contribution in [-0.4, -0.2) is 29.2 Å². The van der Waals surface area contributed by atoms with E-state index in [0.29, 0.717) is 29.1 Å². The molecule has 0 heterocycles. The van der Waals surface area contributed by atoms with Crippen LogP contribution in [0.2, 0.25) is 0 Å². The molecule has 3 N–H and O–H groups in total. The maximum atomic E-state index is 12.0. The molecule has 7 heteroatoms. The van der Waals surface area contributed by atoms with Crippen molar-refractivity contribution in [3.63, 3.8) is 0 Å². The Morgan fingerprint density at radius 2 is 1.76 bits per heavy atom. The molecule has 2 amide bonds. The van der Waals surface area contributed by atoms with E-state index in [1.807, 2.05) is 39.0 Å². The highest BCUT2D eigenvalue weighted by molar-refractivity contribution is 6.03. The van der Waals surface area contributed by atoms with Gasteiger partial charge in [0.15, 0.2) is 6.61 Å². The summed E-state index contributed by atoms with van der Waals surface area (Å²) in [7, 11) is 0. The number of amides is 2. The number of phenolic OH excluding ortho intramolecular Hbond substituents is 1. The van der Waals surface area contributed by atoms with Crippen LogP contribution in [0.25, 0.3) is 0 Å². The highest BCUT2D eigenvalue weighted by Crippen LogP contribution is 2.22. The average molecular weight is 397 g/mol. The van der Waals surface area contributed by atoms with Gasteiger partial charge in [0.05, 0.1) is 5.71 Å². The van der Waals surface area contributed by atoms with Crippen LogP contribution in [0.1, 0.15) is 43.4 Å². The van der Waals surface area contributed by atoms with E-state index in [1.165, 1.54) is 6.07 Å². The summed E-state index contributed by atoms with van der Waals surface area (Å²) in [6.45, 7) is 7.30. The Morgan fingerprint density at radius 1 is 1.07 bits per heavy atom. The smallest absolute Gasteiger partial charge is 0.277 e. The number of hydrogen-bond donors (Lipinski definition) is 3. The molecule has 0 aromatic heterocycles. The van der Waals surface area contributed by atoms with Crippen LogP contribution in [0.3, 0.4) is 0 Å². The van der Waals surface area contributed by atoms with Gasteiger partial charge >= 0.3 is 0 Å². The van der Waals surface area contributed by atoms with Crippen molar-refractivity contribution in [2.75, 3.05) is 11.9 Å². The third-order valence-corrected chi connectivity index (χ3v) is 4.06. The van der Waals surface area contributed by atoms with Crippen molar-refractivity contribution in [2.24, 2.45) is 5.10 Å². The van der Waals surface area contributed by atoms with Gasteiger partial charge in [-0.05, 0) is 68.7 Å². The minimum Gasteiger partial charge on any atom is -0.507 e. The summed E-state index contributed by atoms with van der Waals surface area (Å²) in [6, 6.07) is 10.4. The molecule has 2 aromatic carbocycles. The van der Waals surface area contributed by atoms with E-state index in [0.717, 1.165) is 17.5 Å². The number of carbonyl (C=O) groups is 2. The highest BCUT2D eigenvalue weighted by atomic mass is 16.5. The predicted molar refractivity (Wildman–Crippen MR) is 113 cm³/mol. The molecule has 0 saturated heterocycles. The molecule has 0 aliphatic heterocycles. The zero-order valence-corrected chi connectivity index (χ0v) is 17.2. The second-order valence-corrected chi connectivity index (χ2v) is 6.87. The first kappa shape index (κ1) is 21.9. The Hall–Kier alpha value is -3.35. The third kappa shape index (κ3) is 6.95. The average Bonchev–Trinajstić information content (AvgIpc) is 2.65. The molecule has 0 saturated carbocycles. The Morgan fingerprint density at radius 3 is 2.41 bits per heavy atom. The number of benzene rings is 2. The zero-order chi connectivity index (χ0) is 21.4. The summed E-state index contributed by atoms with van der Waals surface area (Å²) in [5.41, 5.74) is 5.88. The summed E-state index contributed by atoms with van der Waals surface area (Å²) in [5, 5.41) is 16.9. The Labute approximate surface area is 170 Å². The molecule has 0 spiro atoms. The van der Waals surface area contributed by atoms with Crippen molar-refractivity contribution in [3.8, 4) is 11.5 Å². The molecule has 29 heavy (non-hydrogen) atoms. The fraction of sp³-hybridized carbons (Fsp3) is 0.318. The van der Waals surface area contributed by atoms with E-state index in [-0.39, 0.29) is 18.3 Å². The van der Waals surface area contributed by atoms with Crippen molar-refractivity contribution in [2.45, 2.75) is 40.5 Å². The first-order valence-corrected chi connectivity index (χ1v) is 9.46. The predicted octanol–water partition coefficient (Wildman–Crippen LogP) is 3.67. The fourth-order valence-electron chi connectivity index (χ4n) is 2.76. The van der Waals surface area contributed by atoms with Crippen LogP contribution in [0.4, 0.5) is 5.69 Å². The van der Waals surface area contributed by atoms with Gasteiger partial charge in [0.1, 0.15) is 11.5 Å². The lowest BCUT2D eigenvalue weighted by Crippen LogP contribution is -2.25. The molecule has 0 fully saturated rings. The van der Waals surface area contributed by atoms with Gasteiger partial charge in [0.2, 0.25) is 5.91 Å². The SMILES string of the molecule is CCCC(=O)Nc1ccc(O)c(/C(C)=N/NC(=O)COc2cc(C)cc(C)c2)c1. The molecule has 2 rings (SSSR count). The highest BCUT2D eigenvalue weighted by Gasteiger charge is 2.09. The molecule has 0 unspecified atom stereocenters. The monoisotopic (exact) mass is 397 g/mol. The molecule has 7 nitrogen and oxygen atoms in total. The van der Waals surface area contributed by atoms with Crippen LogP contribution in [0.15, 0.2) is 41.5 Å². The first-order valence-electron chi connectivity index (χ1n) is 9.46. The van der Waals surface area contributed by atoms with Crippen molar-refractivity contribution in [1.29, 1.82) is 0 Å². The molecule has 0 bridgehead atoms. The topological polar surface area (TPSA) is 100 Å². The van der Waals surface area contributed by atoms with Gasteiger partial charge in [-0.2, -0.15) is 5.10 Å². The van der Waals surface area contributed by atoms with Gasteiger partial charge in [-0.15, -0.1) is 0 Å². The van der Waals surface area contributed by atoms with Crippen molar-refractivity contribution < 1.29 is 19.4 Å². The first-order chi connectivity index (χ1) is 13.8. The largest absolute Gasteiger partial charge is 0.507 e. The van der Waals surface area contributed by atoms with Gasteiger partial charge in [-0.1, -0.05) is 13.0 Å². The normalized spacial score (nSPS) is 11.1. The molecule has 2 aromatic rings. The summed E-state index contributed by atoms with van der Waals surface area (Å²) in [6.07, 6.45) is 1.16. The Bertz CT molecular complexity index is 902. The molecule has 0 atom stereocenters. The summed E-state index contributed by atoms with van der Waals surface area (Å²) >= 11 is 0. The maximum absolute atomic E-state index is 12.0. The number of hydrogen-bond acceptors (Lipinski definition) is 5. The van der Waals surface area contributed by atoms with E-state index in [9.17, 15) is 14.7 Å². The van der Waals surface area contributed by atoms with Crippen molar-refractivity contribution in [1.82, 2.24) is 5.43 Å². The van der Waals surface area contributed by atoms with E-state index in [2.05, 4.69) is 15.8 Å². The number of aryl methyl sites for hydroxylation is 2. The molecular weight excluding hydrogens is 370 g/mol. The molecule has 0 radical (unpaired) electrons. The minimum atomic E-state index is -0.421. The number of nitrogens with one attached hydrogen (secondary N) is 2. The number of hydrazone groups is 1. The summed E-state index contributed by atoms with van der Waals surface area (Å²) in [5.74, 6) is 0.0953. The summed E-state index contributed by atoms with van der Waals surface area (Å²) < 4.78 is 5.50. The lowest BCUT2D eigenvalue weighted by Gasteiger charge is -2.10. The van der Waals surface area contributed by atoms with Crippen LogP contribution in [-0.2, 0) is 9.59 Å². The van der Waals surface area contributed by atoms with E-state index >= 15 is 0 Å². The maximum Gasteiger partial charge on any atom is 0.277 e. The fourth-order valence-corrected chi connectivity index (χ4v) is 2.76. The Balaban J connectivity index is 1.99. The number of ether oxygens (including phenoxy) is 1. The number of rotatable bonds is 8. The van der Waals surface area contributed by atoms with Gasteiger partial charge in [-0.3, -0.25) is 9.59 Å². The third-order valence-electron chi connectivity index (χ3n) is 4.06. The van der Waals surface area contributed by atoms with Gasteiger partial charge in [-0.25, -0.2) is 5.43 Å². The number of carbonyl (C=O) groups excluding carboxylic acids is 2. The Kier molecular flexibility index (Phi) is 7.77. The second-order valence-electron chi connectivity index (χ2n) is 6.87. The van der Waals surface area contributed by atoms with Crippen LogP contribution >= 0.6 is 0 Å². The number of phenols is 1. The minimum absolute atomic E-state index is 0.000440. The zero-order valence-electron chi connectivity index (χ0n) is 17.2. The number of anilines is 1. The molecule has 154 valence electrons. The number of aromatic hydroxyl groups is 1. The lowest BCUT2D eigenvalue weighted by molar-refractivity contribution is -0.123. The molecule has 0 aliphatic rings. The number of nitrogens with zero attached hydrogens (tertiary/aromatic N) is 1. The molecular formula is C22H27N3O4. The van der Waals surface area contributed by atoms with E-state index < -0.39 is 5.91 Å². The van der Waals surface area contributed by atoms with Crippen LogP contribution in [0, 0.1) is 13.8 Å². The van der Waals surface area contributed by atoms with Gasteiger partial charge in [0, 0.05) is 17.7 Å². The standard InChI is InChI=1S/C22H27N3O4/c1-5-6-21(27)23-17-7-8-20(26)19(12-17)16(4)24-25-22(28)13-29-18-10-14(2)9-15(3)11-18/h7-12,26H,5-6,13H2,1-4H3,(H,23,27)(H,25,28)/b24-16+. The molecule has 0 aliphatic carbocycles. The second kappa shape index (κ2) is 10.3. The van der Waals surface area contributed by atoms with E-state index in [4.69, 9.17) is 4.74 Å². The van der Waals surface area contributed by atoms with Crippen molar-refractivity contribution in [3.05, 3.63) is 53.1 Å².